The Morgan fingerprint density at radius 1 is 1.00 bits per heavy atom. The predicted molar refractivity (Wildman–Crippen MR) is 123 cm³/mol. The van der Waals surface area contributed by atoms with Crippen LogP contribution in [0.5, 0.6) is 0 Å². The molecule has 0 saturated carbocycles. The molecule has 146 valence electrons. The highest BCUT2D eigenvalue weighted by atomic mass is 32.1. The monoisotopic (exact) mass is 400 g/mol. The molecule has 0 fully saturated rings. The first-order valence-electron chi connectivity index (χ1n) is 9.81. The Kier molecular flexibility index (Phi) is 5.20. The van der Waals surface area contributed by atoms with Crippen LogP contribution in [0.2, 0.25) is 0 Å². The summed E-state index contributed by atoms with van der Waals surface area (Å²) in [5.41, 5.74) is 5.43. The quantitative estimate of drug-likeness (QED) is 0.402. The standard InChI is InChI=1S/C25H24N2OS/c1-15(2)18-10-7-8-16(3)24(18)27-25(28)20-14-22(23-13-12-17(4)29-23)26-21-11-6-5-9-19(20)21/h5-15H,1-4H3,(H,27,28). The van der Waals surface area contributed by atoms with Gasteiger partial charge >= 0.3 is 0 Å². The fourth-order valence-corrected chi connectivity index (χ4v) is 4.41. The van der Waals surface area contributed by atoms with Crippen LogP contribution < -0.4 is 5.32 Å². The number of hydrogen-bond acceptors (Lipinski definition) is 3. The van der Waals surface area contributed by atoms with Crippen molar-refractivity contribution >= 4 is 33.8 Å². The lowest BCUT2D eigenvalue weighted by Crippen LogP contribution is -2.15. The minimum Gasteiger partial charge on any atom is -0.321 e. The van der Waals surface area contributed by atoms with E-state index in [4.69, 9.17) is 4.98 Å². The zero-order chi connectivity index (χ0) is 20.5. The summed E-state index contributed by atoms with van der Waals surface area (Å²) in [5, 5.41) is 4.05. The molecule has 0 unspecified atom stereocenters. The molecule has 2 aromatic carbocycles. The van der Waals surface area contributed by atoms with E-state index in [0.29, 0.717) is 11.5 Å². The molecule has 0 saturated heterocycles. The van der Waals surface area contributed by atoms with Gasteiger partial charge in [0.05, 0.1) is 21.7 Å². The number of nitrogens with zero attached hydrogens (tertiary/aromatic N) is 1. The largest absolute Gasteiger partial charge is 0.321 e. The Morgan fingerprint density at radius 2 is 1.79 bits per heavy atom. The number of pyridine rings is 1. The number of carbonyl (C=O) groups excluding carboxylic acids is 1. The van der Waals surface area contributed by atoms with Gasteiger partial charge in [0.1, 0.15) is 0 Å². The summed E-state index contributed by atoms with van der Waals surface area (Å²) >= 11 is 1.69. The normalized spacial score (nSPS) is 11.2. The van der Waals surface area contributed by atoms with Crippen molar-refractivity contribution in [3.8, 4) is 10.6 Å². The average molecular weight is 401 g/mol. The molecule has 0 aliphatic rings. The van der Waals surface area contributed by atoms with Crippen molar-refractivity contribution in [2.24, 2.45) is 0 Å². The number of nitrogens with one attached hydrogen (secondary N) is 1. The number of fused-ring (bicyclic) bond motifs is 1. The van der Waals surface area contributed by atoms with Crippen molar-refractivity contribution in [1.29, 1.82) is 0 Å². The first-order valence-corrected chi connectivity index (χ1v) is 10.6. The molecule has 0 atom stereocenters. The maximum absolute atomic E-state index is 13.4. The number of aryl methyl sites for hydroxylation is 2. The van der Waals surface area contributed by atoms with Crippen molar-refractivity contribution in [3.63, 3.8) is 0 Å². The van der Waals surface area contributed by atoms with E-state index in [1.165, 1.54) is 4.88 Å². The molecule has 4 heteroatoms. The molecule has 1 N–H and O–H groups in total. The van der Waals surface area contributed by atoms with Gasteiger partial charge in [0.15, 0.2) is 0 Å². The van der Waals surface area contributed by atoms with Crippen molar-refractivity contribution in [2.75, 3.05) is 5.32 Å². The molecule has 4 aromatic rings. The predicted octanol–water partition coefficient (Wildman–Crippen LogP) is 6.96. The Bertz CT molecular complexity index is 1210. The molecular weight excluding hydrogens is 376 g/mol. The molecule has 4 rings (SSSR count). The van der Waals surface area contributed by atoms with Crippen molar-refractivity contribution in [3.05, 3.63) is 82.2 Å². The van der Waals surface area contributed by atoms with Gasteiger partial charge in [-0.15, -0.1) is 11.3 Å². The number of aromatic nitrogens is 1. The van der Waals surface area contributed by atoms with Gasteiger partial charge in [-0.2, -0.15) is 0 Å². The van der Waals surface area contributed by atoms with E-state index in [2.05, 4.69) is 44.3 Å². The van der Waals surface area contributed by atoms with E-state index >= 15 is 0 Å². The number of para-hydroxylation sites is 2. The van der Waals surface area contributed by atoms with Gasteiger partial charge in [0, 0.05) is 16.0 Å². The number of rotatable bonds is 4. The highest BCUT2D eigenvalue weighted by Gasteiger charge is 2.17. The molecule has 0 spiro atoms. The fraction of sp³-hybridized carbons (Fsp3) is 0.200. The minimum absolute atomic E-state index is 0.102. The van der Waals surface area contributed by atoms with Crippen LogP contribution in [0.25, 0.3) is 21.5 Å². The van der Waals surface area contributed by atoms with Crippen LogP contribution in [0, 0.1) is 13.8 Å². The van der Waals surface area contributed by atoms with E-state index in [-0.39, 0.29) is 5.91 Å². The molecule has 0 radical (unpaired) electrons. The van der Waals surface area contributed by atoms with Crippen LogP contribution in [0.4, 0.5) is 5.69 Å². The number of anilines is 1. The van der Waals surface area contributed by atoms with Crippen LogP contribution >= 0.6 is 11.3 Å². The Hall–Kier alpha value is -2.98. The zero-order valence-electron chi connectivity index (χ0n) is 17.1. The van der Waals surface area contributed by atoms with Gasteiger partial charge in [0.25, 0.3) is 5.91 Å². The Morgan fingerprint density at radius 3 is 2.52 bits per heavy atom. The molecule has 1 amide bonds. The summed E-state index contributed by atoms with van der Waals surface area (Å²) in [4.78, 5) is 20.5. The van der Waals surface area contributed by atoms with E-state index < -0.39 is 0 Å². The van der Waals surface area contributed by atoms with Gasteiger partial charge in [-0.05, 0) is 55.2 Å². The van der Waals surface area contributed by atoms with Crippen molar-refractivity contribution in [1.82, 2.24) is 4.98 Å². The lowest BCUT2D eigenvalue weighted by atomic mass is 9.97. The molecule has 3 nitrogen and oxygen atoms in total. The van der Waals surface area contributed by atoms with E-state index in [1.54, 1.807) is 11.3 Å². The number of hydrogen-bond donors (Lipinski definition) is 1. The number of thiophene rings is 1. The Balaban J connectivity index is 1.82. The van der Waals surface area contributed by atoms with Gasteiger partial charge in [-0.3, -0.25) is 4.79 Å². The van der Waals surface area contributed by atoms with Gasteiger partial charge in [0.2, 0.25) is 0 Å². The summed E-state index contributed by atoms with van der Waals surface area (Å²) in [7, 11) is 0. The van der Waals surface area contributed by atoms with Gasteiger partial charge in [-0.1, -0.05) is 50.2 Å². The van der Waals surface area contributed by atoms with Gasteiger partial charge < -0.3 is 5.32 Å². The van der Waals surface area contributed by atoms with Crippen LogP contribution in [0.3, 0.4) is 0 Å². The van der Waals surface area contributed by atoms with E-state index in [0.717, 1.165) is 38.3 Å². The number of benzene rings is 2. The third-order valence-electron chi connectivity index (χ3n) is 5.12. The number of amides is 1. The first kappa shape index (κ1) is 19.3. The second kappa shape index (κ2) is 7.80. The minimum atomic E-state index is -0.102. The maximum Gasteiger partial charge on any atom is 0.256 e. The fourth-order valence-electron chi connectivity index (χ4n) is 3.58. The Labute approximate surface area is 175 Å². The van der Waals surface area contributed by atoms with Crippen molar-refractivity contribution < 1.29 is 4.79 Å². The summed E-state index contributed by atoms with van der Waals surface area (Å²) in [6.07, 6.45) is 0. The third kappa shape index (κ3) is 3.81. The maximum atomic E-state index is 13.4. The molecule has 2 aromatic heterocycles. The van der Waals surface area contributed by atoms with Gasteiger partial charge in [-0.25, -0.2) is 4.98 Å². The molecule has 2 heterocycles. The summed E-state index contributed by atoms with van der Waals surface area (Å²) in [6.45, 7) is 8.40. The zero-order valence-corrected chi connectivity index (χ0v) is 17.9. The second-order valence-corrected chi connectivity index (χ2v) is 8.92. The lowest BCUT2D eigenvalue weighted by Gasteiger charge is -2.17. The van der Waals surface area contributed by atoms with Crippen LogP contribution in [-0.4, -0.2) is 10.9 Å². The van der Waals surface area contributed by atoms with E-state index in [9.17, 15) is 4.79 Å². The smallest absolute Gasteiger partial charge is 0.256 e. The van der Waals surface area contributed by atoms with Crippen LogP contribution in [0.1, 0.15) is 46.1 Å². The summed E-state index contributed by atoms with van der Waals surface area (Å²) in [5.74, 6) is 0.221. The molecular formula is C25H24N2OS. The SMILES string of the molecule is Cc1ccc(-c2cc(C(=O)Nc3c(C)cccc3C(C)C)c3ccccc3n2)s1. The van der Waals surface area contributed by atoms with Crippen molar-refractivity contribution in [2.45, 2.75) is 33.6 Å². The molecule has 29 heavy (non-hydrogen) atoms. The van der Waals surface area contributed by atoms with Crippen LogP contribution in [0.15, 0.2) is 60.7 Å². The molecule has 0 aliphatic carbocycles. The second-order valence-electron chi connectivity index (χ2n) is 7.63. The first-order chi connectivity index (χ1) is 13.9. The lowest BCUT2D eigenvalue weighted by molar-refractivity contribution is 0.102. The van der Waals surface area contributed by atoms with Crippen LogP contribution in [-0.2, 0) is 0 Å². The summed E-state index contributed by atoms with van der Waals surface area (Å²) < 4.78 is 0. The average Bonchev–Trinajstić information content (AvgIpc) is 3.14. The highest BCUT2D eigenvalue weighted by molar-refractivity contribution is 7.15. The topological polar surface area (TPSA) is 42.0 Å². The third-order valence-corrected chi connectivity index (χ3v) is 6.14. The summed E-state index contributed by atoms with van der Waals surface area (Å²) in [6, 6.07) is 20.0. The molecule has 0 aliphatic heterocycles. The molecule has 0 bridgehead atoms. The number of carbonyl (C=O) groups is 1. The van der Waals surface area contributed by atoms with E-state index in [1.807, 2.05) is 49.4 Å². The highest BCUT2D eigenvalue weighted by Crippen LogP contribution is 2.32.